The maximum absolute atomic E-state index is 12.1. The molecule has 7 heteroatoms. The van der Waals surface area contributed by atoms with Gasteiger partial charge in [0.1, 0.15) is 0 Å². The van der Waals surface area contributed by atoms with Gasteiger partial charge in [-0.15, -0.1) is 10.2 Å². The lowest BCUT2D eigenvalue weighted by Crippen LogP contribution is -2.28. The number of hydrogen-bond donors (Lipinski definition) is 2. The minimum atomic E-state index is -0.0136. The number of nitrogens with zero attached hydrogens (tertiary/aromatic N) is 2. The Hall–Kier alpha value is -2.38. The first-order valence-electron chi connectivity index (χ1n) is 8.29. The third kappa shape index (κ3) is 5.57. The summed E-state index contributed by atoms with van der Waals surface area (Å²) in [6.07, 6.45) is 0. The van der Waals surface area contributed by atoms with Crippen molar-refractivity contribution in [1.29, 1.82) is 0 Å². The van der Waals surface area contributed by atoms with Gasteiger partial charge in [-0.2, -0.15) is 0 Å². The zero-order valence-electron chi connectivity index (χ0n) is 14.4. The second kappa shape index (κ2) is 9.35. The van der Waals surface area contributed by atoms with Crippen LogP contribution < -0.4 is 10.6 Å². The Kier molecular flexibility index (Phi) is 6.62. The van der Waals surface area contributed by atoms with Crippen LogP contribution >= 0.6 is 23.1 Å². The predicted octanol–water partition coefficient (Wildman–Crippen LogP) is 4.12. The van der Waals surface area contributed by atoms with Crippen molar-refractivity contribution in [1.82, 2.24) is 15.5 Å². The second-order valence-corrected chi connectivity index (χ2v) is 7.90. The van der Waals surface area contributed by atoms with Gasteiger partial charge in [-0.25, -0.2) is 0 Å². The smallest absolute Gasteiger partial charge is 0.230 e. The third-order valence-electron chi connectivity index (χ3n) is 3.70. The highest BCUT2D eigenvalue weighted by Crippen LogP contribution is 2.25. The van der Waals surface area contributed by atoms with E-state index in [1.165, 1.54) is 28.7 Å². The molecule has 26 heavy (non-hydrogen) atoms. The summed E-state index contributed by atoms with van der Waals surface area (Å²) in [6, 6.07) is 20.0. The van der Waals surface area contributed by atoms with Crippen molar-refractivity contribution in [3.8, 4) is 0 Å². The number of thioether (sulfide) groups is 1. The van der Waals surface area contributed by atoms with Crippen molar-refractivity contribution in [3.05, 3.63) is 71.8 Å². The molecule has 0 aliphatic carbocycles. The number of anilines is 1. The van der Waals surface area contributed by atoms with Gasteiger partial charge in [-0.3, -0.25) is 4.79 Å². The zero-order chi connectivity index (χ0) is 18.2. The molecule has 0 bridgehead atoms. The maximum atomic E-state index is 12.1. The lowest BCUT2D eigenvalue weighted by Gasteiger charge is -2.13. The first-order valence-corrected chi connectivity index (χ1v) is 10.1. The van der Waals surface area contributed by atoms with Gasteiger partial charge >= 0.3 is 0 Å². The molecular weight excluding hydrogens is 364 g/mol. The zero-order valence-corrected chi connectivity index (χ0v) is 16.0. The topological polar surface area (TPSA) is 66.9 Å². The van der Waals surface area contributed by atoms with E-state index in [0.717, 1.165) is 15.0 Å². The summed E-state index contributed by atoms with van der Waals surface area (Å²) in [6.45, 7) is 2.68. The molecule has 0 radical (unpaired) electrons. The number of rotatable bonds is 8. The van der Waals surface area contributed by atoms with Gasteiger partial charge in [-0.1, -0.05) is 83.8 Å². The third-order valence-corrected chi connectivity index (χ3v) is 5.71. The van der Waals surface area contributed by atoms with E-state index in [1.807, 2.05) is 55.5 Å². The highest BCUT2D eigenvalue weighted by atomic mass is 32.2. The average Bonchev–Trinajstić information content (AvgIpc) is 3.14. The number of amides is 1. The van der Waals surface area contributed by atoms with Crippen molar-refractivity contribution in [2.24, 2.45) is 0 Å². The first-order chi connectivity index (χ1) is 12.7. The molecule has 3 aromatic rings. The molecule has 134 valence electrons. The number of benzene rings is 2. The molecule has 1 amide bonds. The van der Waals surface area contributed by atoms with Crippen LogP contribution in [0.4, 0.5) is 5.13 Å². The molecule has 0 saturated carbocycles. The molecule has 1 heterocycles. The minimum absolute atomic E-state index is 0.0122. The first kappa shape index (κ1) is 18.4. The molecule has 2 aromatic carbocycles. The van der Waals surface area contributed by atoms with Crippen LogP contribution in [0.15, 0.2) is 65.0 Å². The standard InChI is InChI=1S/C19H20N4OS2/c1-14(16-10-6-3-7-11-16)21-17(24)13-25-19-23-22-18(26-19)20-12-15-8-4-2-5-9-15/h2-11,14H,12-13H2,1H3,(H,20,22)(H,21,24). The second-order valence-electron chi connectivity index (χ2n) is 5.70. The molecule has 0 spiro atoms. The molecule has 0 aliphatic rings. The van der Waals surface area contributed by atoms with E-state index in [9.17, 15) is 4.79 Å². The lowest BCUT2D eigenvalue weighted by atomic mass is 10.1. The van der Waals surface area contributed by atoms with E-state index in [2.05, 4.69) is 33.0 Å². The monoisotopic (exact) mass is 384 g/mol. The quantitative estimate of drug-likeness (QED) is 0.572. The van der Waals surface area contributed by atoms with Gasteiger partial charge in [0.05, 0.1) is 11.8 Å². The van der Waals surface area contributed by atoms with Gasteiger partial charge in [-0.05, 0) is 18.1 Å². The van der Waals surface area contributed by atoms with Crippen LogP contribution in [-0.4, -0.2) is 21.9 Å². The summed E-state index contributed by atoms with van der Waals surface area (Å²) < 4.78 is 0.781. The summed E-state index contributed by atoms with van der Waals surface area (Å²) in [4.78, 5) is 12.1. The summed E-state index contributed by atoms with van der Waals surface area (Å²) in [7, 11) is 0. The molecule has 0 aliphatic heterocycles. The van der Waals surface area contributed by atoms with Gasteiger partial charge in [0.25, 0.3) is 0 Å². The van der Waals surface area contributed by atoms with Crippen LogP contribution in [0.3, 0.4) is 0 Å². The van der Waals surface area contributed by atoms with Crippen molar-refractivity contribution >= 4 is 34.1 Å². The average molecular weight is 385 g/mol. The highest BCUT2D eigenvalue weighted by Gasteiger charge is 2.11. The van der Waals surface area contributed by atoms with Crippen LogP contribution in [0.2, 0.25) is 0 Å². The maximum Gasteiger partial charge on any atom is 0.230 e. The normalized spacial score (nSPS) is 11.7. The SMILES string of the molecule is CC(NC(=O)CSc1nnc(NCc2ccccc2)s1)c1ccccc1. The molecule has 0 saturated heterocycles. The predicted molar refractivity (Wildman–Crippen MR) is 107 cm³/mol. The Morgan fingerprint density at radius 2 is 1.77 bits per heavy atom. The molecule has 0 fully saturated rings. The Morgan fingerprint density at radius 3 is 2.50 bits per heavy atom. The lowest BCUT2D eigenvalue weighted by molar-refractivity contribution is -0.119. The molecule has 1 aromatic heterocycles. The van der Waals surface area contributed by atoms with E-state index < -0.39 is 0 Å². The van der Waals surface area contributed by atoms with Crippen LogP contribution in [0.1, 0.15) is 24.1 Å². The number of carbonyl (C=O) groups is 1. The Labute approximate surface area is 161 Å². The van der Waals surface area contributed by atoms with Crippen molar-refractivity contribution < 1.29 is 4.79 Å². The molecule has 1 unspecified atom stereocenters. The van der Waals surface area contributed by atoms with Gasteiger partial charge < -0.3 is 10.6 Å². The Morgan fingerprint density at radius 1 is 1.08 bits per heavy atom. The van der Waals surface area contributed by atoms with Crippen LogP contribution in [0.5, 0.6) is 0 Å². The summed E-state index contributed by atoms with van der Waals surface area (Å²) in [5.41, 5.74) is 2.28. The minimum Gasteiger partial charge on any atom is -0.356 e. The highest BCUT2D eigenvalue weighted by molar-refractivity contribution is 8.01. The van der Waals surface area contributed by atoms with Crippen LogP contribution in [-0.2, 0) is 11.3 Å². The van der Waals surface area contributed by atoms with E-state index >= 15 is 0 Å². The fourth-order valence-electron chi connectivity index (χ4n) is 2.35. The molecule has 1 atom stereocenters. The number of aromatic nitrogens is 2. The van der Waals surface area contributed by atoms with E-state index in [1.54, 1.807) is 0 Å². The fourth-order valence-corrected chi connectivity index (χ4v) is 3.91. The summed E-state index contributed by atoms with van der Waals surface area (Å²) in [5, 5.41) is 15.3. The van der Waals surface area contributed by atoms with E-state index in [0.29, 0.717) is 12.3 Å². The number of hydrogen-bond acceptors (Lipinski definition) is 6. The molecular formula is C19H20N4OS2. The van der Waals surface area contributed by atoms with Crippen molar-refractivity contribution in [3.63, 3.8) is 0 Å². The van der Waals surface area contributed by atoms with Gasteiger partial charge in [0.2, 0.25) is 11.0 Å². The van der Waals surface area contributed by atoms with Crippen molar-refractivity contribution in [2.45, 2.75) is 23.8 Å². The molecule has 3 rings (SSSR count). The Bertz CT molecular complexity index is 824. The van der Waals surface area contributed by atoms with Crippen LogP contribution in [0.25, 0.3) is 0 Å². The van der Waals surface area contributed by atoms with E-state index in [-0.39, 0.29) is 11.9 Å². The summed E-state index contributed by atoms with van der Waals surface area (Å²) in [5.74, 6) is 0.310. The van der Waals surface area contributed by atoms with Gasteiger partial charge in [0, 0.05) is 6.54 Å². The van der Waals surface area contributed by atoms with Crippen LogP contribution in [0, 0.1) is 0 Å². The molecule has 5 nitrogen and oxygen atoms in total. The number of nitrogens with one attached hydrogen (secondary N) is 2. The Balaban J connectivity index is 1.43. The van der Waals surface area contributed by atoms with Crippen molar-refractivity contribution in [2.75, 3.05) is 11.1 Å². The van der Waals surface area contributed by atoms with E-state index in [4.69, 9.17) is 0 Å². The largest absolute Gasteiger partial charge is 0.356 e. The number of carbonyl (C=O) groups excluding carboxylic acids is 1. The van der Waals surface area contributed by atoms with Gasteiger partial charge in [0.15, 0.2) is 4.34 Å². The molecule has 2 N–H and O–H groups in total. The summed E-state index contributed by atoms with van der Waals surface area (Å²) >= 11 is 2.86. The fraction of sp³-hybridized carbons (Fsp3) is 0.211.